The zero-order chi connectivity index (χ0) is 25.4. The Morgan fingerprint density at radius 3 is 2.58 bits per heavy atom. The highest BCUT2D eigenvalue weighted by atomic mass is 32.2. The summed E-state index contributed by atoms with van der Waals surface area (Å²) < 4.78 is 29.9. The number of aromatic nitrogens is 2. The molecule has 1 saturated heterocycles. The number of hydrogen-bond donors (Lipinski definition) is 1. The van der Waals surface area contributed by atoms with Gasteiger partial charge in [0.1, 0.15) is 6.04 Å². The molecule has 0 aliphatic carbocycles. The number of aryl methyl sites for hydroxylation is 1. The van der Waals surface area contributed by atoms with Crippen molar-refractivity contribution in [2.75, 3.05) is 29.3 Å². The fraction of sp³-hybridized carbons (Fsp3) is 0.308. The molecule has 36 heavy (non-hydrogen) atoms. The Bertz CT molecular complexity index is 1480. The highest BCUT2D eigenvalue weighted by Gasteiger charge is 2.32. The van der Waals surface area contributed by atoms with E-state index in [4.69, 9.17) is 0 Å². The SMILES string of the molecule is Cc1cc2ccccc2n1C(C)C(=O)N1CCN(c2ccc(S(=O)(=O)Nc3nccs3)cc2)CC1C. The molecular formula is C26H29N5O3S2. The fourth-order valence-electron chi connectivity index (χ4n) is 4.98. The van der Waals surface area contributed by atoms with Crippen molar-refractivity contribution in [1.82, 2.24) is 14.5 Å². The van der Waals surface area contributed by atoms with E-state index in [1.165, 1.54) is 11.3 Å². The van der Waals surface area contributed by atoms with Gasteiger partial charge in [-0.05, 0) is 62.6 Å². The van der Waals surface area contributed by atoms with E-state index < -0.39 is 10.0 Å². The molecule has 0 bridgehead atoms. The highest BCUT2D eigenvalue weighted by Crippen LogP contribution is 2.28. The lowest BCUT2D eigenvalue weighted by Crippen LogP contribution is -2.55. The molecule has 1 aliphatic heterocycles. The van der Waals surface area contributed by atoms with Crippen LogP contribution in [0.3, 0.4) is 0 Å². The van der Waals surface area contributed by atoms with Gasteiger partial charge < -0.3 is 14.4 Å². The van der Waals surface area contributed by atoms with E-state index in [0.717, 1.165) is 22.3 Å². The smallest absolute Gasteiger partial charge is 0.263 e. The first-order valence-electron chi connectivity index (χ1n) is 11.9. The zero-order valence-corrected chi connectivity index (χ0v) is 22.1. The zero-order valence-electron chi connectivity index (χ0n) is 20.5. The summed E-state index contributed by atoms with van der Waals surface area (Å²) in [5, 5.41) is 3.20. The molecular weight excluding hydrogens is 494 g/mol. The second-order valence-corrected chi connectivity index (χ2v) is 11.7. The van der Waals surface area contributed by atoms with Crippen LogP contribution in [0.25, 0.3) is 10.9 Å². The van der Waals surface area contributed by atoms with Gasteiger partial charge in [-0.25, -0.2) is 13.4 Å². The lowest BCUT2D eigenvalue weighted by Gasteiger charge is -2.42. The van der Waals surface area contributed by atoms with Crippen molar-refractivity contribution in [2.24, 2.45) is 0 Å². The largest absolute Gasteiger partial charge is 0.368 e. The van der Waals surface area contributed by atoms with Crippen LogP contribution in [0.5, 0.6) is 0 Å². The molecule has 2 atom stereocenters. The maximum absolute atomic E-state index is 13.5. The molecule has 0 radical (unpaired) electrons. The van der Waals surface area contributed by atoms with Gasteiger partial charge in [-0.1, -0.05) is 18.2 Å². The van der Waals surface area contributed by atoms with Gasteiger partial charge in [0.2, 0.25) is 5.91 Å². The molecule has 188 valence electrons. The van der Waals surface area contributed by atoms with E-state index in [9.17, 15) is 13.2 Å². The minimum absolute atomic E-state index is 0.0193. The van der Waals surface area contributed by atoms with E-state index in [2.05, 4.69) is 44.3 Å². The number of sulfonamides is 1. The fourth-order valence-corrected chi connectivity index (χ4v) is 6.77. The van der Waals surface area contributed by atoms with Crippen molar-refractivity contribution in [3.05, 3.63) is 71.9 Å². The summed E-state index contributed by atoms with van der Waals surface area (Å²) in [6, 6.07) is 16.8. The monoisotopic (exact) mass is 523 g/mol. The average molecular weight is 524 g/mol. The second kappa shape index (κ2) is 9.59. The Hall–Kier alpha value is -3.37. The Morgan fingerprint density at radius 1 is 1.14 bits per heavy atom. The molecule has 0 saturated carbocycles. The van der Waals surface area contributed by atoms with Gasteiger partial charge in [0.15, 0.2) is 5.13 Å². The van der Waals surface area contributed by atoms with E-state index in [-0.39, 0.29) is 22.9 Å². The molecule has 8 nitrogen and oxygen atoms in total. The number of thiazole rings is 1. The first-order chi connectivity index (χ1) is 17.2. The third-order valence-electron chi connectivity index (χ3n) is 6.76. The van der Waals surface area contributed by atoms with Crippen LogP contribution in [0.1, 0.15) is 25.6 Å². The number of amides is 1. The standard InChI is InChI=1S/C26H29N5O3S2/c1-18-16-21-6-4-5-7-24(21)31(18)20(3)25(32)30-14-13-29(17-19(30)2)22-8-10-23(11-9-22)36(33,34)28-26-27-12-15-35-26/h4-12,15-16,19-20H,13-14,17H2,1-3H3,(H,27,28). The quantitative estimate of drug-likeness (QED) is 0.402. The predicted octanol–water partition coefficient (Wildman–Crippen LogP) is 4.51. The number of carbonyl (C=O) groups is 1. The first kappa shape index (κ1) is 24.3. The number of fused-ring (bicyclic) bond motifs is 1. The van der Waals surface area contributed by atoms with E-state index in [1.807, 2.05) is 43.0 Å². The van der Waals surface area contributed by atoms with Crippen molar-refractivity contribution in [3.8, 4) is 0 Å². The van der Waals surface area contributed by atoms with Crippen LogP contribution in [0.15, 0.2) is 71.1 Å². The van der Waals surface area contributed by atoms with Gasteiger partial charge in [-0.2, -0.15) is 0 Å². The number of nitrogens with zero attached hydrogens (tertiary/aromatic N) is 4. The second-order valence-electron chi connectivity index (χ2n) is 9.15. The summed E-state index contributed by atoms with van der Waals surface area (Å²) in [6.07, 6.45) is 1.56. The Labute approximate surface area is 215 Å². The molecule has 1 amide bonds. The lowest BCUT2D eigenvalue weighted by molar-refractivity contribution is -0.136. The lowest BCUT2D eigenvalue weighted by atomic mass is 10.1. The van der Waals surface area contributed by atoms with Crippen molar-refractivity contribution >= 4 is 49.0 Å². The van der Waals surface area contributed by atoms with Gasteiger partial charge in [0.25, 0.3) is 10.0 Å². The van der Waals surface area contributed by atoms with Crippen molar-refractivity contribution in [3.63, 3.8) is 0 Å². The molecule has 0 spiro atoms. The van der Waals surface area contributed by atoms with Gasteiger partial charge in [0, 0.05) is 54.2 Å². The van der Waals surface area contributed by atoms with Crippen LogP contribution in [-0.2, 0) is 14.8 Å². The van der Waals surface area contributed by atoms with Crippen molar-refractivity contribution in [2.45, 2.75) is 37.8 Å². The van der Waals surface area contributed by atoms with E-state index in [1.54, 1.807) is 23.7 Å². The maximum Gasteiger partial charge on any atom is 0.263 e. The Morgan fingerprint density at radius 2 is 1.89 bits per heavy atom. The predicted molar refractivity (Wildman–Crippen MR) is 144 cm³/mol. The summed E-state index contributed by atoms with van der Waals surface area (Å²) in [7, 11) is -3.69. The summed E-state index contributed by atoms with van der Waals surface area (Å²) in [6.45, 7) is 8.04. The summed E-state index contributed by atoms with van der Waals surface area (Å²) >= 11 is 1.23. The Balaban J connectivity index is 1.27. The van der Waals surface area contributed by atoms with Gasteiger partial charge in [-0.3, -0.25) is 9.52 Å². The molecule has 3 heterocycles. The maximum atomic E-state index is 13.5. The molecule has 1 N–H and O–H groups in total. The molecule has 1 fully saturated rings. The van der Waals surface area contributed by atoms with Crippen LogP contribution >= 0.6 is 11.3 Å². The first-order valence-corrected chi connectivity index (χ1v) is 14.3. The average Bonchev–Trinajstić information content (AvgIpc) is 3.49. The number of rotatable bonds is 6. The van der Waals surface area contributed by atoms with Gasteiger partial charge >= 0.3 is 0 Å². The van der Waals surface area contributed by atoms with Crippen LogP contribution in [-0.4, -0.2) is 54.5 Å². The highest BCUT2D eigenvalue weighted by molar-refractivity contribution is 7.93. The molecule has 5 rings (SSSR count). The normalized spacial score (nSPS) is 17.4. The number of anilines is 2. The number of carbonyl (C=O) groups excluding carboxylic acids is 1. The topological polar surface area (TPSA) is 87.5 Å². The van der Waals surface area contributed by atoms with E-state index >= 15 is 0 Å². The van der Waals surface area contributed by atoms with Gasteiger partial charge in [-0.15, -0.1) is 11.3 Å². The number of para-hydroxylation sites is 1. The third-order valence-corrected chi connectivity index (χ3v) is 8.93. The molecule has 2 aromatic heterocycles. The minimum atomic E-state index is -3.69. The van der Waals surface area contributed by atoms with Crippen LogP contribution in [0.2, 0.25) is 0 Å². The number of piperazine rings is 1. The van der Waals surface area contributed by atoms with Crippen LogP contribution in [0.4, 0.5) is 10.8 Å². The summed E-state index contributed by atoms with van der Waals surface area (Å²) in [4.78, 5) is 21.9. The summed E-state index contributed by atoms with van der Waals surface area (Å²) in [5.74, 6) is 0.112. The molecule has 4 aromatic rings. The number of benzene rings is 2. The molecule has 10 heteroatoms. The molecule has 2 aromatic carbocycles. The Kier molecular flexibility index (Phi) is 6.48. The molecule has 1 aliphatic rings. The van der Waals surface area contributed by atoms with Crippen molar-refractivity contribution < 1.29 is 13.2 Å². The van der Waals surface area contributed by atoms with Gasteiger partial charge in [0.05, 0.1) is 4.90 Å². The summed E-state index contributed by atoms with van der Waals surface area (Å²) in [5.41, 5.74) is 3.08. The van der Waals surface area contributed by atoms with Crippen molar-refractivity contribution in [1.29, 1.82) is 0 Å². The van der Waals surface area contributed by atoms with E-state index in [0.29, 0.717) is 24.8 Å². The number of nitrogens with one attached hydrogen (secondary N) is 1. The third kappa shape index (κ3) is 4.58. The minimum Gasteiger partial charge on any atom is -0.368 e. The molecule has 2 unspecified atom stereocenters. The van der Waals surface area contributed by atoms with Crippen LogP contribution in [0, 0.1) is 6.92 Å². The number of hydrogen-bond acceptors (Lipinski definition) is 6. The van der Waals surface area contributed by atoms with Crippen LogP contribution < -0.4 is 9.62 Å².